The number of nitrogen functional groups attached to an aromatic ring is 1. The highest BCUT2D eigenvalue weighted by molar-refractivity contribution is 8.07. The third-order valence-electron chi connectivity index (χ3n) is 7.40. The number of H-pyrrole nitrogens is 1. The van der Waals surface area contributed by atoms with Crippen molar-refractivity contribution in [2.45, 2.75) is 49.1 Å². The number of nitrogens with zero attached hydrogens (tertiary/aromatic N) is 6. The second kappa shape index (κ2) is 11.1. The molecule has 0 saturated carbocycles. The van der Waals surface area contributed by atoms with E-state index in [0.717, 1.165) is 23.4 Å². The predicted octanol–water partition coefficient (Wildman–Crippen LogP) is -0.0860. The van der Waals surface area contributed by atoms with Gasteiger partial charge in [0, 0.05) is 6.20 Å². The van der Waals surface area contributed by atoms with Gasteiger partial charge in [-0.15, -0.1) is 0 Å². The zero-order valence-electron chi connectivity index (χ0n) is 22.3. The number of ether oxygens (including phenoxy) is 2. The number of phosphoric acid groups is 1. The summed E-state index contributed by atoms with van der Waals surface area (Å²) < 4.78 is 78.8. The van der Waals surface area contributed by atoms with Crippen LogP contribution in [0.4, 0.5) is 14.6 Å². The number of aromatic amines is 1. The molecule has 242 valence electrons. The summed E-state index contributed by atoms with van der Waals surface area (Å²) in [6.07, 6.45) is -9.21. The van der Waals surface area contributed by atoms with Crippen molar-refractivity contribution in [2.75, 3.05) is 18.9 Å². The van der Waals surface area contributed by atoms with Crippen LogP contribution in [0, 0.1) is 5.82 Å². The van der Waals surface area contributed by atoms with Gasteiger partial charge in [-0.1, -0.05) is 0 Å². The number of nitrogens with two attached hydrogens (primary N) is 1. The summed E-state index contributed by atoms with van der Waals surface area (Å²) in [7, 11) is -5.15. The van der Waals surface area contributed by atoms with Gasteiger partial charge in [-0.25, -0.2) is 33.3 Å². The van der Waals surface area contributed by atoms with E-state index in [0.29, 0.717) is 0 Å². The minimum Gasteiger partial charge on any atom is -0.387 e. The highest BCUT2D eigenvalue weighted by Crippen LogP contribution is 2.54. The molecule has 3 fully saturated rings. The summed E-state index contributed by atoms with van der Waals surface area (Å²) in [6, 6.07) is 0. The molecule has 0 spiro atoms. The number of alkyl halides is 1. The number of halogens is 2. The number of imidazole rings is 1. The molecule has 2 unspecified atom stereocenters. The van der Waals surface area contributed by atoms with Crippen LogP contribution in [0.15, 0.2) is 30.0 Å². The monoisotopic (exact) mass is 694 g/mol. The average molecular weight is 694 g/mol. The van der Waals surface area contributed by atoms with Crippen molar-refractivity contribution in [1.82, 2.24) is 34.1 Å². The van der Waals surface area contributed by atoms with Gasteiger partial charge in [0.25, 0.3) is 5.56 Å². The van der Waals surface area contributed by atoms with Crippen molar-refractivity contribution in [3.05, 3.63) is 41.3 Å². The van der Waals surface area contributed by atoms with Crippen LogP contribution >= 0.6 is 14.5 Å². The Morgan fingerprint density at radius 1 is 1.02 bits per heavy atom. The molecule has 4 aromatic heterocycles. The molecule has 0 aromatic carbocycles. The van der Waals surface area contributed by atoms with Gasteiger partial charge < -0.3 is 44.2 Å². The number of nitrogens with one attached hydrogen (secondary N) is 1. The first-order valence-corrected chi connectivity index (χ1v) is 17.0. The minimum absolute atomic E-state index is 0.0162. The van der Waals surface area contributed by atoms with E-state index in [-0.39, 0.29) is 22.6 Å². The van der Waals surface area contributed by atoms with Gasteiger partial charge in [-0.2, -0.15) is 0 Å². The molecule has 3 saturated heterocycles. The largest absolute Gasteiger partial charge is 0.472 e. The summed E-state index contributed by atoms with van der Waals surface area (Å²) in [5, 5.41) is 10.6. The molecule has 10 atom stereocenters. The topological polar surface area (TPSA) is 253 Å². The van der Waals surface area contributed by atoms with E-state index in [9.17, 15) is 28.6 Å². The number of aliphatic hydroxyl groups is 1. The summed E-state index contributed by atoms with van der Waals surface area (Å²) in [5.74, 6) is -0.991. The molecule has 4 aromatic rings. The average Bonchev–Trinajstić information content (AvgIpc) is 3.71. The van der Waals surface area contributed by atoms with Crippen LogP contribution in [0.25, 0.3) is 22.2 Å². The van der Waals surface area contributed by atoms with Crippen LogP contribution in [0.5, 0.6) is 0 Å². The fourth-order valence-corrected chi connectivity index (χ4v) is 7.74. The van der Waals surface area contributed by atoms with Gasteiger partial charge in [0.1, 0.15) is 47.8 Å². The predicted molar refractivity (Wildman–Crippen MR) is 147 cm³/mol. The van der Waals surface area contributed by atoms with Crippen molar-refractivity contribution in [1.29, 1.82) is 0 Å². The Bertz CT molecular complexity index is 1950. The number of hydrogen-bond acceptors (Lipinski definition) is 15. The maximum absolute atomic E-state index is 16.0. The quantitative estimate of drug-likeness (QED) is 0.172. The van der Waals surface area contributed by atoms with Crippen molar-refractivity contribution in [2.24, 2.45) is 0 Å². The Kier molecular flexibility index (Phi) is 7.62. The molecule has 2 bridgehead atoms. The molecule has 24 heteroatoms. The van der Waals surface area contributed by atoms with E-state index in [2.05, 4.69) is 24.9 Å². The number of aliphatic hydroxyl groups excluding tert-OH is 1. The molecule has 6 N–H and O–H groups in total. The number of aromatic nitrogens is 7. The van der Waals surface area contributed by atoms with Crippen LogP contribution in [0.3, 0.4) is 0 Å². The number of anilines is 1. The third kappa shape index (κ3) is 5.39. The van der Waals surface area contributed by atoms with Crippen molar-refractivity contribution in [3.63, 3.8) is 0 Å². The third-order valence-corrected chi connectivity index (χ3v) is 9.94. The van der Waals surface area contributed by atoms with Crippen molar-refractivity contribution < 1.29 is 55.8 Å². The lowest BCUT2D eigenvalue weighted by atomic mass is 10.1. The maximum Gasteiger partial charge on any atom is 0.472 e. The fraction of sp³-hybridized carbons (Fsp3) is 0.476. The second-order valence-electron chi connectivity index (χ2n) is 10.1. The molecule has 3 aliphatic rings. The van der Waals surface area contributed by atoms with Crippen LogP contribution in [0.1, 0.15) is 12.5 Å². The lowest BCUT2D eigenvalue weighted by Crippen LogP contribution is -2.35. The highest BCUT2D eigenvalue weighted by Gasteiger charge is 2.54. The smallest absolute Gasteiger partial charge is 0.387 e. The zero-order valence-corrected chi connectivity index (χ0v) is 24.9. The second-order valence-corrected chi connectivity index (χ2v) is 14.3. The van der Waals surface area contributed by atoms with Gasteiger partial charge >= 0.3 is 14.5 Å². The maximum atomic E-state index is 16.0. The fourth-order valence-electron chi connectivity index (χ4n) is 5.37. The van der Waals surface area contributed by atoms with Gasteiger partial charge in [-0.3, -0.25) is 22.9 Å². The van der Waals surface area contributed by atoms with Gasteiger partial charge in [0.15, 0.2) is 41.6 Å². The molecular formula is C21H22F2N8O11P2S. The summed E-state index contributed by atoms with van der Waals surface area (Å²) in [5.41, 5.74) is 5.00. The first-order chi connectivity index (χ1) is 21.3. The molecule has 0 radical (unpaired) electrons. The summed E-state index contributed by atoms with van der Waals surface area (Å²) >= 11 is 5.10. The number of phosphoric ester groups is 1. The van der Waals surface area contributed by atoms with E-state index in [4.69, 9.17) is 45.1 Å². The Morgan fingerprint density at radius 3 is 2.58 bits per heavy atom. The standard InChI is InChI=1S/C21H22F2N8O11P2S/c22-7-1-30(17-10(7)19(33)28-5-26-17)21-15-13(32)8(39-21)2-38-44(36,45)42-14-9(3-37-43(34,35)41-15)40-20(11(14)23)31-6-29-12-16(24)25-4-27-18(12)31/h1,4-6,8-9,11,13-15,20-21,32H,2-3H2,(H,34,35)(H,36,45)(H2,24,25,27)(H,26,28,33)/t8-,9-,11-,13-,14-,15-,20-,21-,44?/m1/s1. The molecular weight excluding hydrogens is 672 g/mol. The van der Waals surface area contributed by atoms with Gasteiger partial charge in [0.2, 0.25) is 0 Å². The normalized spacial score (nSPS) is 37.7. The van der Waals surface area contributed by atoms with Gasteiger partial charge in [0.05, 0.1) is 25.9 Å². The summed E-state index contributed by atoms with van der Waals surface area (Å²) in [6.45, 7) is -5.90. The van der Waals surface area contributed by atoms with E-state index < -0.39 is 93.7 Å². The molecule has 0 amide bonds. The number of hydrogen-bond donors (Lipinski definition) is 5. The molecule has 7 heterocycles. The lowest BCUT2D eigenvalue weighted by Gasteiger charge is -2.26. The van der Waals surface area contributed by atoms with E-state index in [1.165, 1.54) is 10.9 Å². The first kappa shape index (κ1) is 30.8. The Balaban J connectivity index is 1.21. The van der Waals surface area contributed by atoms with Crippen LogP contribution in [-0.2, 0) is 43.9 Å². The Hall–Kier alpha value is -2.85. The molecule has 19 nitrogen and oxygen atoms in total. The molecule has 0 aliphatic carbocycles. The number of rotatable bonds is 2. The van der Waals surface area contributed by atoms with Gasteiger partial charge in [-0.05, 0) is 11.8 Å². The molecule has 3 aliphatic heterocycles. The molecule has 7 rings (SSSR count). The first-order valence-electron chi connectivity index (χ1n) is 12.9. The minimum atomic E-state index is -5.15. The van der Waals surface area contributed by atoms with E-state index in [1.54, 1.807) is 0 Å². The summed E-state index contributed by atoms with van der Waals surface area (Å²) in [4.78, 5) is 51.9. The lowest BCUT2D eigenvalue weighted by molar-refractivity contribution is -0.0642. The Labute approximate surface area is 253 Å². The SMILES string of the molecule is Nc1ncnc2c1ncn2[C@@H]1O[C@@H]2COP(=O)(O)O[C@@H]3[C@H](O)[C@@H](COP(O)(=S)O[C@H]2[C@H]1F)O[C@H]3n1cc(F)c2c(=O)[nH]cnc21. The van der Waals surface area contributed by atoms with Crippen LogP contribution in [0.2, 0.25) is 0 Å². The van der Waals surface area contributed by atoms with Crippen molar-refractivity contribution >= 4 is 54.4 Å². The Morgan fingerprint density at radius 2 is 1.78 bits per heavy atom. The zero-order chi connectivity index (χ0) is 31.8. The van der Waals surface area contributed by atoms with Crippen LogP contribution in [-0.4, -0.2) is 98.9 Å². The van der Waals surface area contributed by atoms with Crippen LogP contribution < -0.4 is 11.3 Å². The van der Waals surface area contributed by atoms with E-state index in [1.807, 2.05) is 0 Å². The van der Waals surface area contributed by atoms with Crippen molar-refractivity contribution in [3.8, 4) is 0 Å². The number of fused-ring (bicyclic) bond motifs is 5. The van der Waals surface area contributed by atoms with E-state index >= 15 is 4.39 Å². The highest BCUT2D eigenvalue weighted by atomic mass is 32.5. The molecule has 45 heavy (non-hydrogen) atoms.